The number of nitrogen functional groups attached to an aromatic ring is 1. The molecule has 2 aromatic heterocycles. The number of nitrogens with two attached hydrogens (primary N) is 1. The first kappa shape index (κ1) is 11.8. The van der Waals surface area contributed by atoms with E-state index in [9.17, 15) is 0 Å². The van der Waals surface area contributed by atoms with Gasteiger partial charge in [-0.1, -0.05) is 13.3 Å². The van der Waals surface area contributed by atoms with Crippen LogP contribution in [-0.4, -0.2) is 30.8 Å². The lowest BCUT2D eigenvalue weighted by Crippen LogP contribution is -2.17. The monoisotopic (exact) mass is 260 g/mol. The Hall–Kier alpha value is -2.22. The van der Waals surface area contributed by atoms with E-state index in [1.54, 1.807) is 23.1 Å². The van der Waals surface area contributed by atoms with E-state index in [4.69, 9.17) is 5.84 Å². The van der Waals surface area contributed by atoms with Gasteiger partial charge in [-0.05, 0) is 18.4 Å². The molecule has 1 saturated carbocycles. The largest absolute Gasteiger partial charge is 0.351 e. The number of hydrogen-bond donors (Lipinski definition) is 3. The van der Waals surface area contributed by atoms with Gasteiger partial charge in [-0.15, -0.1) is 0 Å². The first-order valence-electron chi connectivity index (χ1n) is 6.29. The van der Waals surface area contributed by atoms with Gasteiger partial charge in [0.25, 0.3) is 5.95 Å². The molecule has 1 aliphatic carbocycles. The Morgan fingerprint density at radius 1 is 1.37 bits per heavy atom. The van der Waals surface area contributed by atoms with Crippen LogP contribution in [0.4, 0.5) is 11.9 Å². The van der Waals surface area contributed by atoms with Gasteiger partial charge in [0.1, 0.15) is 0 Å². The predicted octanol–water partition coefficient (Wildman–Crippen LogP) is 0.553. The molecule has 100 valence electrons. The minimum absolute atomic E-state index is 0.316. The number of anilines is 2. The highest BCUT2D eigenvalue weighted by Gasteiger charge is 2.35. The first-order chi connectivity index (χ1) is 9.30. The summed E-state index contributed by atoms with van der Waals surface area (Å²) in [7, 11) is 0. The second-order valence-corrected chi connectivity index (χ2v) is 4.53. The van der Waals surface area contributed by atoms with E-state index < -0.39 is 0 Å². The molecular weight excluding hydrogens is 244 g/mol. The van der Waals surface area contributed by atoms with Crippen molar-refractivity contribution in [3.63, 3.8) is 0 Å². The van der Waals surface area contributed by atoms with Gasteiger partial charge in [0, 0.05) is 18.4 Å². The zero-order valence-electron chi connectivity index (χ0n) is 10.6. The van der Waals surface area contributed by atoms with Gasteiger partial charge < -0.3 is 5.32 Å². The van der Waals surface area contributed by atoms with Crippen molar-refractivity contribution in [1.29, 1.82) is 0 Å². The van der Waals surface area contributed by atoms with Gasteiger partial charge in [0.2, 0.25) is 11.9 Å². The highest BCUT2D eigenvalue weighted by atomic mass is 15.4. The fraction of sp³-hybridized carbons (Fsp3) is 0.455. The molecule has 2 heterocycles. The summed E-state index contributed by atoms with van der Waals surface area (Å²) in [5.41, 5.74) is 2.45. The average molecular weight is 260 g/mol. The summed E-state index contributed by atoms with van der Waals surface area (Å²) >= 11 is 0. The molecular formula is C11H16N8. The van der Waals surface area contributed by atoms with Crippen molar-refractivity contribution in [3.05, 3.63) is 18.5 Å². The number of rotatable bonds is 5. The fourth-order valence-electron chi connectivity index (χ4n) is 2.02. The molecule has 0 aromatic carbocycles. The van der Waals surface area contributed by atoms with Gasteiger partial charge in [-0.3, -0.25) is 5.43 Å². The highest BCUT2D eigenvalue weighted by Crippen LogP contribution is 2.35. The normalized spacial score (nSPS) is 21.2. The summed E-state index contributed by atoms with van der Waals surface area (Å²) < 4.78 is 1.57. The third kappa shape index (κ3) is 2.48. The van der Waals surface area contributed by atoms with Crippen LogP contribution in [0.5, 0.6) is 0 Å². The summed E-state index contributed by atoms with van der Waals surface area (Å²) in [6.45, 7) is 2.18. The second kappa shape index (κ2) is 4.81. The van der Waals surface area contributed by atoms with Crippen LogP contribution in [0, 0.1) is 5.92 Å². The summed E-state index contributed by atoms with van der Waals surface area (Å²) in [6.07, 6.45) is 5.76. The molecule has 0 aliphatic heterocycles. The Kier molecular flexibility index (Phi) is 3.00. The van der Waals surface area contributed by atoms with Gasteiger partial charge in [-0.2, -0.15) is 20.1 Å². The molecule has 0 bridgehead atoms. The lowest BCUT2D eigenvalue weighted by Gasteiger charge is -2.08. The zero-order chi connectivity index (χ0) is 13.2. The Labute approximate surface area is 110 Å². The maximum absolute atomic E-state index is 5.38. The second-order valence-electron chi connectivity index (χ2n) is 4.53. The predicted molar refractivity (Wildman–Crippen MR) is 70.6 cm³/mol. The van der Waals surface area contributed by atoms with Crippen molar-refractivity contribution in [2.24, 2.45) is 11.8 Å². The number of hydrazine groups is 1. The van der Waals surface area contributed by atoms with Crippen LogP contribution in [0.15, 0.2) is 18.5 Å². The summed E-state index contributed by atoms with van der Waals surface area (Å²) in [6, 6.07) is 2.25. The molecule has 0 spiro atoms. The van der Waals surface area contributed by atoms with E-state index in [1.165, 1.54) is 0 Å². The van der Waals surface area contributed by atoms with Crippen LogP contribution in [-0.2, 0) is 0 Å². The van der Waals surface area contributed by atoms with Crippen molar-refractivity contribution in [1.82, 2.24) is 24.7 Å². The summed E-state index contributed by atoms with van der Waals surface area (Å²) in [5, 5.41) is 7.39. The lowest BCUT2D eigenvalue weighted by atomic mass is 10.3. The molecule has 8 heteroatoms. The van der Waals surface area contributed by atoms with Crippen LogP contribution >= 0.6 is 0 Å². The molecule has 0 radical (unpaired) electrons. The summed E-state index contributed by atoms with van der Waals surface area (Å²) in [5.74, 6) is 7.36. The number of aromatic nitrogens is 5. The first-order valence-corrected chi connectivity index (χ1v) is 6.29. The zero-order valence-corrected chi connectivity index (χ0v) is 10.6. The molecule has 0 saturated heterocycles. The molecule has 19 heavy (non-hydrogen) atoms. The number of hydrogen-bond acceptors (Lipinski definition) is 7. The van der Waals surface area contributed by atoms with E-state index >= 15 is 0 Å². The van der Waals surface area contributed by atoms with E-state index in [0.29, 0.717) is 29.8 Å². The van der Waals surface area contributed by atoms with Gasteiger partial charge in [-0.25, -0.2) is 10.5 Å². The molecule has 8 nitrogen and oxygen atoms in total. The van der Waals surface area contributed by atoms with Crippen LogP contribution in [0.3, 0.4) is 0 Å². The molecule has 2 atom stereocenters. The third-order valence-corrected chi connectivity index (χ3v) is 3.22. The molecule has 1 aliphatic rings. The average Bonchev–Trinajstić information content (AvgIpc) is 2.96. The molecule has 0 amide bonds. The quantitative estimate of drug-likeness (QED) is 0.532. The molecule has 2 unspecified atom stereocenters. The summed E-state index contributed by atoms with van der Waals surface area (Å²) in [4.78, 5) is 12.7. The van der Waals surface area contributed by atoms with Crippen LogP contribution in [0.1, 0.15) is 19.8 Å². The van der Waals surface area contributed by atoms with Gasteiger partial charge >= 0.3 is 0 Å². The van der Waals surface area contributed by atoms with Crippen molar-refractivity contribution >= 4 is 11.9 Å². The molecule has 4 N–H and O–H groups in total. The Bertz CT molecular complexity index is 552. The fourth-order valence-corrected chi connectivity index (χ4v) is 2.02. The van der Waals surface area contributed by atoms with Crippen molar-refractivity contribution in [3.8, 4) is 5.95 Å². The van der Waals surface area contributed by atoms with E-state index in [2.05, 4.69) is 37.7 Å². The molecule has 2 aromatic rings. The van der Waals surface area contributed by atoms with Crippen molar-refractivity contribution < 1.29 is 0 Å². The molecule has 3 rings (SSSR count). The number of nitrogens with one attached hydrogen (secondary N) is 2. The van der Waals surface area contributed by atoms with Gasteiger partial charge in [0.05, 0.1) is 0 Å². The van der Waals surface area contributed by atoms with E-state index in [-0.39, 0.29) is 0 Å². The third-order valence-electron chi connectivity index (χ3n) is 3.22. The van der Waals surface area contributed by atoms with Crippen LogP contribution < -0.4 is 16.6 Å². The lowest BCUT2D eigenvalue weighted by molar-refractivity contribution is 0.763. The van der Waals surface area contributed by atoms with Crippen LogP contribution in [0.25, 0.3) is 5.95 Å². The SMILES string of the molecule is CCC1CC1Nc1nc(NN)nc(-n2cccn2)n1. The van der Waals surface area contributed by atoms with Crippen LogP contribution in [0.2, 0.25) is 0 Å². The maximum Gasteiger partial charge on any atom is 0.257 e. The minimum atomic E-state index is 0.316. The number of nitrogens with zero attached hydrogens (tertiary/aromatic N) is 5. The maximum atomic E-state index is 5.38. The Morgan fingerprint density at radius 2 is 2.21 bits per heavy atom. The Balaban J connectivity index is 1.85. The van der Waals surface area contributed by atoms with Gasteiger partial charge in [0.15, 0.2) is 0 Å². The highest BCUT2D eigenvalue weighted by molar-refractivity contribution is 5.38. The standard InChI is InChI=1S/C11H16N8/c1-2-7-6-8(7)14-9-15-10(18-12)17-11(16-9)19-5-3-4-13-19/h3-5,7-8H,2,6,12H2,1H3,(H2,14,15,16,17,18). The van der Waals surface area contributed by atoms with Crippen molar-refractivity contribution in [2.45, 2.75) is 25.8 Å². The smallest absolute Gasteiger partial charge is 0.257 e. The molecule has 1 fully saturated rings. The van der Waals surface area contributed by atoms with E-state index in [1.807, 2.05) is 0 Å². The van der Waals surface area contributed by atoms with E-state index in [0.717, 1.165) is 12.8 Å². The van der Waals surface area contributed by atoms with Crippen molar-refractivity contribution in [2.75, 3.05) is 10.7 Å². The minimum Gasteiger partial charge on any atom is -0.351 e. The topological polar surface area (TPSA) is 107 Å². The Morgan fingerprint density at radius 3 is 2.84 bits per heavy atom.